The standard InChI is InChI=1S/C15H14N4O3/c1-10-3-4-13(11(2)5-10)15-17-12(8-22-15)6-18-7-14(16-9-18)19(20)21/h3-5,7-9H,6H2,1-2H3. The van der Waals surface area contributed by atoms with E-state index in [1.165, 1.54) is 18.1 Å². The number of benzene rings is 1. The van der Waals surface area contributed by atoms with Crippen LogP contribution < -0.4 is 0 Å². The van der Waals surface area contributed by atoms with E-state index < -0.39 is 4.92 Å². The highest BCUT2D eigenvalue weighted by molar-refractivity contribution is 5.59. The Bertz CT molecular complexity index is 835. The van der Waals surface area contributed by atoms with Gasteiger partial charge in [-0.2, -0.15) is 0 Å². The van der Waals surface area contributed by atoms with Crippen molar-refractivity contribution in [1.29, 1.82) is 0 Å². The molecule has 22 heavy (non-hydrogen) atoms. The van der Waals surface area contributed by atoms with Crippen molar-refractivity contribution in [3.8, 4) is 11.5 Å². The van der Waals surface area contributed by atoms with Crippen LogP contribution in [0.15, 0.2) is 41.4 Å². The fourth-order valence-electron chi connectivity index (χ4n) is 2.27. The lowest BCUT2D eigenvalue weighted by Gasteiger charge is -2.02. The van der Waals surface area contributed by atoms with Gasteiger partial charge >= 0.3 is 5.82 Å². The highest BCUT2D eigenvalue weighted by Crippen LogP contribution is 2.23. The summed E-state index contributed by atoms with van der Waals surface area (Å²) >= 11 is 0. The van der Waals surface area contributed by atoms with Gasteiger partial charge in [-0.05, 0) is 35.4 Å². The molecule has 3 aromatic rings. The van der Waals surface area contributed by atoms with Gasteiger partial charge in [-0.3, -0.25) is 0 Å². The van der Waals surface area contributed by atoms with E-state index in [0.29, 0.717) is 18.1 Å². The van der Waals surface area contributed by atoms with Crippen molar-refractivity contribution in [2.75, 3.05) is 0 Å². The quantitative estimate of drug-likeness (QED) is 0.545. The first kappa shape index (κ1) is 14.0. The van der Waals surface area contributed by atoms with Crippen molar-refractivity contribution < 1.29 is 9.34 Å². The normalized spacial score (nSPS) is 10.8. The van der Waals surface area contributed by atoms with Crippen LogP contribution >= 0.6 is 0 Å². The van der Waals surface area contributed by atoms with Crippen LogP contribution in [0, 0.1) is 24.0 Å². The fourth-order valence-corrected chi connectivity index (χ4v) is 2.27. The first-order valence-corrected chi connectivity index (χ1v) is 6.71. The average molecular weight is 298 g/mol. The third kappa shape index (κ3) is 2.73. The minimum Gasteiger partial charge on any atom is -0.444 e. The highest BCUT2D eigenvalue weighted by Gasteiger charge is 2.13. The maximum absolute atomic E-state index is 10.6. The molecule has 0 aliphatic carbocycles. The molecule has 112 valence electrons. The maximum Gasteiger partial charge on any atom is 0.381 e. The second-order valence-corrected chi connectivity index (χ2v) is 5.12. The molecule has 0 atom stereocenters. The summed E-state index contributed by atoms with van der Waals surface area (Å²) in [4.78, 5) is 18.2. The summed E-state index contributed by atoms with van der Waals surface area (Å²) < 4.78 is 7.12. The van der Waals surface area contributed by atoms with Crippen LogP contribution in [0.1, 0.15) is 16.8 Å². The summed E-state index contributed by atoms with van der Waals surface area (Å²) in [7, 11) is 0. The topological polar surface area (TPSA) is 87.0 Å². The van der Waals surface area contributed by atoms with E-state index in [9.17, 15) is 10.1 Å². The Morgan fingerprint density at radius 3 is 2.86 bits per heavy atom. The Balaban J connectivity index is 1.82. The zero-order valence-electron chi connectivity index (χ0n) is 12.2. The lowest BCUT2D eigenvalue weighted by Crippen LogP contribution is -1.97. The van der Waals surface area contributed by atoms with Crippen LogP contribution in [0.25, 0.3) is 11.5 Å². The van der Waals surface area contributed by atoms with Gasteiger partial charge in [0.1, 0.15) is 12.5 Å². The number of hydrogen-bond donors (Lipinski definition) is 0. The van der Waals surface area contributed by atoms with Crippen LogP contribution in [0.2, 0.25) is 0 Å². The molecule has 0 fully saturated rings. The minimum absolute atomic E-state index is 0.182. The number of nitrogens with zero attached hydrogens (tertiary/aromatic N) is 4. The predicted molar refractivity (Wildman–Crippen MR) is 79.4 cm³/mol. The molecule has 0 bridgehead atoms. The Morgan fingerprint density at radius 2 is 2.18 bits per heavy atom. The molecule has 0 N–H and O–H groups in total. The molecule has 0 amide bonds. The Hall–Kier alpha value is -2.96. The molecule has 7 nitrogen and oxygen atoms in total. The van der Waals surface area contributed by atoms with Crippen LogP contribution in [0.5, 0.6) is 0 Å². The van der Waals surface area contributed by atoms with E-state index in [2.05, 4.69) is 16.0 Å². The van der Waals surface area contributed by atoms with Gasteiger partial charge in [0.25, 0.3) is 0 Å². The molecule has 0 unspecified atom stereocenters. The number of imidazole rings is 1. The Kier molecular flexibility index (Phi) is 3.46. The van der Waals surface area contributed by atoms with E-state index in [1.54, 1.807) is 10.8 Å². The molecule has 1 aromatic carbocycles. The lowest BCUT2D eigenvalue weighted by atomic mass is 10.1. The average Bonchev–Trinajstić information content (AvgIpc) is 3.09. The number of hydrogen-bond acceptors (Lipinski definition) is 5. The van der Waals surface area contributed by atoms with Crippen molar-refractivity contribution in [3.63, 3.8) is 0 Å². The van der Waals surface area contributed by atoms with Gasteiger partial charge in [-0.1, -0.05) is 17.7 Å². The molecular weight excluding hydrogens is 284 g/mol. The number of aryl methyl sites for hydroxylation is 2. The summed E-state index contributed by atoms with van der Waals surface area (Å²) in [6.45, 7) is 4.41. The lowest BCUT2D eigenvalue weighted by molar-refractivity contribution is -0.389. The van der Waals surface area contributed by atoms with Crippen LogP contribution in [-0.2, 0) is 6.54 Å². The summed E-state index contributed by atoms with van der Waals surface area (Å²) in [6.07, 6.45) is 4.33. The van der Waals surface area contributed by atoms with Gasteiger partial charge in [0.15, 0.2) is 0 Å². The molecule has 0 aliphatic rings. The second-order valence-electron chi connectivity index (χ2n) is 5.12. The molecule has 0 spiro atoms. The molecule has 0 radical (unpaired) electrons. The third-order valence-electron chi connectivity index (χ3n) is 3.32. The number of nitro groups is 1. The van der Waals surface area contributed by atoms with Crippen LogP contribution in [0.3, 0.4) is 0 Å². The van der Waals surface area contributed by atoms with Crippen molar-refractivity contribution in [3.05, 3.63) is 63.9 Å². The van der Waals surface area contributed by atoms with Crippen molar-refractivity contribution in [2.24, 2.45) is 0 Å². The Morgan fingerprint density at radius 1 is 1.36 bits per heavy atom. The smallest absolute Gasteiger partial charge is 0.381 e. The van der Waals surface area contributed by atoms with E-state index >= 15 is 0 Å². The van der Waals surface area contributed by atoms with Crippen molar-refractivity contribution in [1.82, 2.24) is 14.5 Å². The first-order chi connectivity index (χ1) is 10.5. The first-order valence-electron chi connectivity index (χ1n) is 6.71. The molecule has 2 aromatic heterocycles. The number of rotatable bonds is 4. The second kappa shape index (κ2) is 5.44. The fraction of sp³-hybridized carbons (Fsp3) is 0.200. The minimum atomic E-state index is -0.527. The summed E-state index contributed by atoms with van der Waals surface area (Å²) in [5.41, 5.74) is 3.89. The van der Waals surface area contributed by atoms with Gasteiger partial charge in [-0.15, -0.1) is 0 Å². The van der Waals surface area contributed by atoms with Gasteiger partial charge in [0.05, 0.1) is 12.2 Å². The molecule has 0 aliphatic heterocycles. The van der Waals surface area contributed by atoms with E-state index in [0.717, 1.165) is 11.1 Å². The zero-order valence-corrected chi connectivity index (χ0v) is 12.2. The van der Waals surface area contributed by atoms with E-state index in [-0.39, 0.29) is 5.82 Å². The van der Waals surface area contributed by atoms with Gasteiger partial charge in [-0.25, -0.2) is 4.98 Å². The van der Waals surface area contributed by atoms with Crippen molar-refractivity contribution >= 4 is 5.82 Å². The summed E-state index contributed by atoms with van der Waals surface area (Å²) in [5, 5.41) is 10.6. The highest BCUT2D eigenvalue weighted by atomic mass is 16.6. The zero-order chi connectivity index (χ0) is 15.7. The molecule has 2 heterocycles. The molecule has 3 rings (SSSR count). The maximum atomic E-state index is 10.6. The van der Waals surface area contributed by atoms with Crippen LogP contribution in [0.4, 0.5) is 5.82 Å². The molecule has 0 saturated heterocycles. The largest absolute Gasteiger partial charge is 0.444 e. The Labute approximate surface area is 126 Å². The summed E-state index contributed by atoms with van der Waals surface area (Å²) in [5.74, 6) is 0.361. The number of oxazole rings is 1. The SMILES string of the molecule is Cc1ccc(-c2nc(Cn3cnc([N+](=O)[O-])c3)co2)c(C)c1. The molecular formula is C15H14N4O3. The van der Waals surface area contributed by atoms with Gasteiger partial charge in [0.2, 0.25) is 12.2 Å². The third-order valence-corrected chi connectivity index (χ3v) is 3.32. The molecule has 0 saturated carbocycles. The molecule has 7 heteroatoms. The van der Waals surface area contributed by atoms with Crippen LogP contribution in [-0.4, -0.2) is 19.5 Å². The van der Waals surface area contributed by atoms with Gasteiger partial charge < -0.3 is 19.1 Å². The van der Waals surface area contributed by atoms with Gasteiger partial charge in [0, 0.05) is 5.56 Å². The van der Waals surface area contributed by atoms with Crippen molar-refractivity contribution in [2.45, 2.75) is 20.4 Å². The van der Waals surface area contributed by atoms with E-state index in [4.69, 9.17) is 4.42 Å². The monoisotopic (exact) mass is 298 g/mol. The summed E-state index contributed by atoms with van der Waals surface area (Å²) in [6, 6.07) is 6.05. The predicted octanol–water partition coefficient (Wildman–Crippen LogP) is 3.11. The number of aromatic nitrogens is 3. The van der Waals surface area contributed by atoms with E-state index in [1.807, 2.05) is 26.0 Å².